The highest BCUT2D eigenvalue weighted by Gasteiger charge is 2.40. The van der Waals surface area contributed by atoms with Crippen LogP contribution >= 0.6 is 0 Å². The molecule has 148 valence electrons. The largest absolute Gasteiger partial charge is 0.356 e. The summed E-state index contributed by atoms with van der Waals surface area (Å²) in [5.74, 6) is 0.0787. The van der Waals surface area contributed by atoms with Crippen LogP contribution in [0.2, 0.25) is 0 Å². The van der Waals surface area contributed by atoms with Crippen LogP contribution in [0.3, 0.4) is 0 Å². The second kappa shape index (κ2) is 9.36. The zero-order valence-electron chi connectivity index (χ0n) is 16.7. The highest BCUT2D eigenvalue weighted by Crippen LogP contribution is 2.38. The van der Waals surface area contributed by atoms with Crippen LogP contribution in [0.5, 0.6) is 0 Å². The third kappa shape index (κ3) is 4.70. The van der Waals surface area contributed by atoms with Gasteiger partial charge in [-0.3, -0.25) is 9.59 Å². The van der Waals surface area contributed by atoms with E-state index >= 15 is 0 Å². The van der Waals surface area contributed by atoms with Crippen molar-refractivity contribution in [2.24, 2.45) is 5.92 Å². The third-order valence-electron chi connectivity index (χ3n) is 6.04. The fourth-order valence-electron chi connectivity index (χ4n) is 4.56. The lowest BCUT2D eigenvalue weighted by atomic mass is 9.82. The van der Waals surface area contributed by atoms with Gasteiger partial charge in [-0.25, -0.2) is 0 Å². The van der Waals surface area contributed by atoms with Crippen LogP contribution in [0.4, 0.5) is 0 Å². The number of nitrogens with one attached hydrogen (secondary N) is 1. The van der Waals surface area contributed by atoms with Gasteiger partial charge in [0, 0.05) is 19.5 Å². The number of carbonyl (C=O) groups is 2. The molecule has 2 heterocycles. The zero-order valence-corrected chi connectivity index (χ0v) is 16.7. The standard InChI is InChI=1S/C22H33N3O2/c1-3-25-20(26)12-11-19(21(25)18-10-5-4-9-17(18)2)22(27)23-13-8-16-24-14-6-7-15-24/h4-5,9-10,19,21H,3,6-8,11-16H2,1-2H3,(H,23,27)/t19-,21+/m1/s1. The maximum Gasteiger partial charge on any atom is 0.225 e. The molecule has 3 rings (SSSR count). The first-order chi connectivity index (χ1) is 13.1. The third-order valence-corrected chi connectivity index (χ3v) is 6.04. The van der Waals surface area contributed by atoms with E-state index in [1.54, 1.807) is 0 Å². The molecule has 2 aliphatic rings. The molecule has 0 bridgehead atoms. The highest BCUT2D eigenvalue weighted by atomic mass is 16.2. The molecule has 2 fully saturated rings. The molecule has 0 saturated carbocycles. The van der Waals surface area contributed by atoms with Gasteiger partial charge in [-0.1, -0.05) is 24.3 Å². The predicted octanol–water partition coefficient (Wildman–Crippen LogP) is 2.90. The fourth-order valence-corrected chi connectivity index (χ4v) is 4.56. The minimum absolute atomic E-state index is 0.0932. The smallest absolute Gasteiger partial charge is 0.225 e. The normalized spacial score (nSPS) is 23.6. The predicted molar refractivity (Wildman–Crippen MR) is 107 cm³/mol. The Kier molecular flexibility index (Phi) is 6.89. The van der Waals surface area contributed by atoms with Crippen LogP contribution in [0.15, 0.2) is 24.3 Å². The lowest BCUT2D eigenvalue weighted by Crippen LogP contribution is -2.48. The van der Waals surface area contributed by atoms with Gasteiger partial charge >= 0.3 is 0 Å². The molecule has 5 nitrogen and oxygen atoms in total. The van der Waals surface area contributed by atoms with Crippen molar-refractivity contribution in [3.63, 3.8) is 0 Å². The van der Waals surface area contributed by atoms with Crippen LogP contribution in [0.1, 0.15) is 56.2 Å². The van der Waals surface area contributed by atoms with E-state index in [9.17, 15) is 9.59 Å². The Hall–Kier alpha value is -1.88. The summed E-state index contributed by atoms with van der Waals surface area (Å²) in [4.78, 5) is 29.8. The Balaban J connectivity index is 1.66. The quantitative estimate of drug-likeness (QED) is 0.750. The molecular formula is C22H33N3O2. The summed E-state index contributed by atoms with van der Waals surface area (Å²) in [5.41, 5.74) is 2.24. The SMILES string of the molecule is CCN1C(=O)CC[C@@H](C(=O)NCCCN2CCCC2)[C@@H]1c1ccccc1C. The number of carbonyl (C=O) groups excluding carboxylic acids is 2. The number of hydrogen-bond acceptors (Lipinski definition) is 3. The van der Waals surface area contributed by atoms with Crippen LogP contribution in [0, 0.1) is 12.8 Å². The Morgan fingerprint density at radius 2 is 1.96 bits per heavy atom. The zero-order chi connectivity index (χ0) is 19.2. The number of hydrogen-bond donors (Lipinski definition) is 1. The molecule has 0 unspecified atom stereocenters. The average molecular weight is 372 g/mol. The molecular weight excluding hydrogens is 338 g/mol. The monoisotopic (exact) mass is 371 g/mol. The molecule has 0 spiro atoms. The summed E-state index contributed by atoms with van der Waals surface area (Å²) in [6.45, 7) is 8.86. The lowest BCUT2D eigenvalue weighted by molar-refractivity contribution is -0.143. The molecule has 27 heavy (non-hydrogen) atoms. The number of rotatable bonds is 7. The molecule has 0 radical (unpaired) electrons. The van der Waals surface area contributed by atoms with Gasteiger partial charge in [-0.2, -0.15) is 0 Å². The maximum atomic E-state index is 13.0. The summed E-state index contributed by atoms with van der Waals surface area (Å²) in [6.07, 6.45) is 4.68. The molecule has 2 aliphatic heterocycles. The second-order valence-electron chi connectivity index (χ2n) is 7.82. The molecule has 0 aliphatic carbocycles. The Labute approximate surface area is 163 Å². The summed E-state index contributed by atoms with van der Waals surface area (Å²) >= 11 is 0. The van der Waals surface area contributed by atoms with E-state index in [1.807, 2.05) is 24.0 Å². The van der Waals surface area contributed by atoms with Gasteiger partial charge in [0.2, 0.25) is 11.8 Å². The number of aryl methyl sites for hydroxylation is 1. The van der Waals surface area contributed by atoms with Crippen molar-refractivity contribution < 1.29 is 9.59 Å². The van der Waals surface area contributed by atoms with Gasteiger partial charge in [-0.15, -0.1) is 0 Å². The Morgan fingerprint density at radius 3 is 2.67 bits per heavy atom. The van der Waals surface area contributed by atoms with Crippen molar-refractivity contribution in [3.05, 3.63) is 35.4 Å². The van der Waals surface area contributed by atoms with Crippen molar-refractivity contribution in [1.82, 2.24) is 15.1 Å². The minimum Gasteiger partial charge on any atom is -0.356 e. The summed E-state index contributed by atoms with van der Waals surface area (Å²) < 4.78 is 0. The first-order valence-corrected chi connectivity index (χ1v) is 10.5. The van der Waals surface area contributed by atoms with E-state index in [2.05, 4.69) is 29.3 Å². The Bertz CT molecular complexity index is 655. The van der Waals surface area contributed by atoms with E-state index in [0.29, 0.717) is 25.9 Å². The second-order valence-corrected chi connectivity index (χ2v) is 7.82. The van der Waals surface area contributed by atoms with Gasteiger partial charge < -0.3 is 15.1 Å². The minimum atomic E-state index is -0.171. The fraction of sp³-hybridized carbons (Fsp3) is 0.636. The number of nitrogens with zero attached hydrogens (tertiary/aromatic N) is 2. The molecule has 2 atom stereocenters. The molecule has 0 aromatic heterocycles. The summed E-state index contributed by atoms with van der Waals surface area (Å²) in [6, 6.07) is 7.98. The van der Waals surface area contributed by atoms with Gasteiger partial charge in [-0.05, 0) is 70.3 Å². The number of benzene rings is 1. The van der Waals surface area contributed by atoms with Gasteiger partial charge in [0.1, 0.15) is 0 Å². The lowest BCUT2D eigenvalue weighted by Gasteiger charge is -2.41. The van der Waals surface area contributed by atoms with E-state index in [1.165, 1.54) is 25.9 Å². The maximum absolute atomic E-state index is 13.0. The average Bonchev–Trinajstić information content (AvgIpc) is 3.19. The van der Waals surface area contributed by atoms with Crippen molar-refractivity contribution >= 4 is 11.8 Å². The molecule has 5 heteroatoms. The van der Waals surface area contributed by atoms with Crippen LogP contribution < -0.4 is 5.32 Å². The topological polar surface area (TPSA) is 52.7 Å². The van der Waals surface area contributed by atoms with E-state index in [-0.39, 0.29) is 23.8 Å². The van der Waals surface area contributed by atoms with Crippen molar-refractivity contribution in [3.8, 4) is 0 Å². The molecule has 2 amide bonds. The number of piperidine rings is 1. The molecule has 2 saturated heterocycles. The van der Waals surface area contributed by atoms with Crippen molar-refractivity contribution in [2.75, 3.05) is 32.7 Å². The highest BCUT2D eigenvalue weighted by molar-refractivity contribution is 5.85. The number of amides is 2. The first kappa shape index (κ1) is 19.9. The van der Waals surface area contributed by atoms with E-state index in [0.717, 1.165) is 24.1 Å². The van der Waals surface area contributed by atoms with Gasteiger partial charge in [0.05, 0.1) is 12.0 Å². The molecule has 1 aromatic rings. The van der Waals surface area contributed by atoms with Gasteiger partial charge in [0.15, 0.2) is 0 Å². The summed E-state index contributed by atoms with van der Waals surface area (Å²) in [7, 11) is 0. The number of likely N-dealkylation sites (tertiary alicyclic amines) is 2. The first-order valence-electron chi connectivity index (χ1n) is 10.5. The van der Waals surface area contributed by atoms with Crippen LogP contribution in [0.25, 0.3) is 0 Å². The Morgan fingerprint density at radius 1 is 1.22 bits per heavy atom. The molecule has 1 aromatic carbocycles. The van der Waals surface area contributed by atoms with Crippen LogP contribution in [-0.4, -0.2) is 54.3 Å². The summed E-state index contributed by atoms with van der Waals surface area (Å²) in [5, 5.41) is 3.15. The molecule has 1 N–H and O–H groups in total. The van der Waals surface area contributed by atoms with Crippen molar-refractivity contribution in [1.29, 1.82) is 0 Å². The van der Waals surface area contributed by atoms with Crippen LogP contribution in [-0.2, 0) is 9.59 Å². The van der Waals surface area contributed by atoms with Gasteiger partial charge in [0.25, 0.3) is 0 Å². The van der Waals surface area contributed by atoms with E-state index < -0.39 is 0 Å². The van der Waals surface area contributed by atoms with Crippen molar-refractivity contribution in [2.45, 2.75) is 52.0 Å². The van der Waals surface area contributed by atoms with E-state index in [4.69, 9.17) is 0 Å².